The van der Waals surface area contributed by atoms with Crippen molar-refractivity contribution in [2.45, 2.75) is 70.1 Å². The van der Waals surface area contributed by atoms with Crippen molar-refractivity contribution in [1.82, 2.24) is 15.1 Å². The van der Waals surface area contributed by atoms with Gasteiger partial charge in [-0.2, -0.15) is 0 Å². The highest BCUT2D eigenvalue weighted by molar-refractivity contribution is 5.74. The second-order valence-electron chi connectivity index (χ2n) is 12.2. The first-order valence-corrected chi connectivity index (χ1v) is 14.5. The first-order chi connectivity index (χ1) is 18.8. The van der Waals surface area contributed by atoms with Crippen molar-refractivity contribution >= 4 is 12.1 Å². The minimum Gasteiger partial charge on any atom is -0.445 e. The number of amides is 3. The SMILES string of the molecule is CC(C)CN(C[C@@H](O)[C@H](Cc1ccccc1)NC(=O)OC1C2COC3OCC1C3C2)C(=O)N1CCCC(N)C1. The number of ether oxygens (including phenoxy) is 3. The summed E-state index contributed by atoms with van der Waals surface area (Å²) in [5.41, 5.74) is 7.11. The highest BCUT2D eigenvalue weighted by atomic mass is 16.7. The van der Waals surface area contributed by atoms with Crippen molar-refractivity contribution in [3.05, 3.63) is 35.9 Å². The Bertz CT molecular complexity index is 980. The molecule has 10 heteroatoms. The summed E-state index contributed by atoms with van der Waals surface area (Å²) in [6, 6.07) is 8.93. The summed E-state index contributed by atoms with van der Waals surface area (Å²) in [5.74, 6) is 0.788. The molecule has 4 N–H and O–H groups in total. The van der Waals surface area contributed by atoms with Crippen LogP contribution < -0.4 is 11.1 Å². The van der Waals surface area contributed by atoms with Crippen LogP contribution in [-0.4, -0.2) is 97.0 Å². The molecule has 1 saturated carbocycles. The Morgan fingerprint density at radius 2 is 1.95 bits per heavy atom. The Hall–Kier alpha value is -2.40. The number of nitrogens with two attached hydrogens (primary N) is 1. The van der Waals surface area contributed by atoms with E-state index in [1.807, 2.05) is 44.2 Å². The monoisotopic (exact) mass is 544 g/mol. The minimum absolute atomic E-state index is 0.0308. The minimum atomic E-state index is -0.996. The maximum absolute atomic E-state index is 13.5. The number of nitrogens with one attached hydrogen (secondary N) is 1. The number of benzene rings is 1. The Morgan fingerprint density at radius 3 is 2.69 bits per heavy atom. The molecule has 3 saturated heterocycles. The third-order valence-electron chi connectivity index (χ3n) is 8.59. The number of hydrogen-bond acceptors (Lipinski definition) is 7. The Kier molecular flexibility index (Phi) is 8.96. The summed E-state index contributed by atoms with van der Waals surface area (Å²) in [6.07, 6.45) is 1.12. The summed E-state index contributed by atoms with van der Waals surface area (Å²) >= 11 is 0. The largest absolute Gasteiger partial charge is 0.445 e. The lowest BCUT2D eigenvalue weighted by Gasteiger charge is -2.37. The maximum atomic E-state index is 13.5. The normalized spacial score (nSPS) is 31.2. The molecule has 6 unspecified atom stereocenters. The molecular weight excluding hydrogens is 500 g/mol. The molecule has 3 aliphatic heterocycles. The molecule has 0 spiro atoms. The van der Waals surface area contributed by atoms with Gasteiger partial charge in [0.2, 0.25) is 0 Å². The number of likely N-dealkylation sites (tertiary alicyclic amines) is 1. The van der Waals surface area contributed by atoms with Gasteiger partial charge < -0.3 is 40.2 Å². The zero-order valence-electron chi connectivity index (χ0n) is 23.1. The van der Waals surface area contributed by atoms with Crippen LogP contribution in [0.4, 0.5) is 9.59 Å². The molecule has 216 valence electrons. The van der Waals surface area contributed by atoms with Crippen LogP contribution >= 0.6 is 0 Å². The van der Waals surface area contributed by atoms with Gasteiger partial charge >= 0.3 is 12.1 Å². The predicted molar refractivity (Wildman–Crippen MR) is 145 cm³/mol. The van der Waals surface area contributed by atoms with E-state index in [1.54, 1.807) is 9.80 Å². The van der Waals surface area contributed by atoms with Crippen molar-refractivity contribution < 1.29 is 28.9 Å². The summed E-state index contributed by atoms with van der Waals surface area (Å²) in [5, 5.41) is 14.4. The van der Waals surface area contributed by atoms with Gasteiger partial charge in [0.1, 0.15) is 6.10 Å². The van der Waals surface area contributed by atoms with Crippen LogP contribution in [0.1, 0.15) is 38.7 Å². The number of aliphatic hydroxyl groups is 1. The van der Waals surface area contributed by atoms with E-state index < -0.39 is 18.2 Å². The number of urea groups is 1. The van der Waals surface area contributed by atoms with E-state index in [4.69, 9.17) is 19.9 Å². The molecule has 39 heavy (non-hydrogen) atoms. The maximum Gasteiger partial charge on any atom is 0.407 e. The highest BCUT2D eigenvalue weighted by Crippen LogP contribution is 2.49. The van der Waals surface area contributed by atoms with Gasteiger partial charge in [-0.25, -0.2) is 9.59 Å². The summed E-state index contributed by atoms with van der Waals surface area (Å²) in [4.78, 5) is 30.2. The zero-order valence-corrected chi connectivity index (χ0v) is 23.1. The number of carbonyl (C=O) groups is 2. The van der Waals surface area contributed by atoms with Crippen molar-refractivity contribution in [3.8, 4) is 0 Å². The molecule has 1 aromatic rings. The lowest BCUT2D eigenvalue weighted by atomic mass is 9.98. The lowest BCUT2D eigenvalue weighted by Crippen LogP contribution is -2.56. The van der Waals surface area contributed by atoms with E-state index in [2.05, 4.69) is 5.32 Å². The van der Waals surface area contributed by atoms with Gasteiger partial charge in [0.15, 0.2) is 6.29 Å². The van der Waals surface area contributed by atoms with Crippen molar-refractivity contribution in [1.29, 1.82) is 0 Å². The number of rotatable bonds is 9. The van der Waals surface area contributed by atoms with Crippen molar-refractivity contribution in [2.75, 3.05) is 39.4 Å². The third kappa shape index (κ3) is 6.67. The molecule has 5 rings (SSSR count). The molecule has 4 fully saturated rings. The van der Waals surface area contributed by atoms with E-state index in [-0.39, 0.29) is 54.7 Å². The summed E-state index contributed by atoms with van der Waals surface area (Å²) in [6.45, 7) is 6.92. The lowest BCUT2D eigenvalue weighted by molar-refractivity contribution is -0.169. The van der Waals surface area contributed by atoms with Crippen LogP contribution in [-0.2, 0) is 20.6 Å². The smallest absolute Gasteiger partial charge is 0.407 e. The van der Waals surface area contributed by atoms with Gasteiger partial charge in [-0.15, -0.1) is 0 Å². The van der Waals surface area contributed by atoms with Crippen LogP contribution in [0.25, 0.3) is 0 Å². The predicted octanol–water partition coefficient (Wildman–Crippen LogP) is 2.19. The summed E-state index contributed by atoms with van der Waals surface area (Å²) < 4.78 is 17.5. The van der Waals surface area contributed by atoms with Gasteiger partial charge in [-0.05, 0) is 37.2 Å². The fourth-order valence-electron chi connectivity index (χ4n) is 6.72. The number of carbonyl (C=O) groups excluding carboxylic acids is 2. The third-order valence-corrected chi connectivity index (χ3v) is 8.59. The number of nitrogens with zero attached hydrogens (tertiary/aromatic N) is 2. The molecule has 0 radical (unpaired) electrons. The fraction of sp³-hybridized carbons (Fsp3) is 0.724. The number of piperidine rings is 1. The molecule has 4 aliphatic rings. The Labute approximate surface area is 231 Å². The van der Waals surface area contributed by atoms with E-state index in [0.29, 0.717) is 39.3 Å². The van der Waals surface area contributed by atoms with E-state index >= 15 is 0 Å². The molecule has 8 atom stereocenters. The molecule has 3 amide bonds. The van der Waals surface area contributed by atoms with Crippen molar-refractivity contribution in [2.24, 2.45) is 29.4 Å². The van der Waals surface area contributed by atoms with Gasteiger partial charge in [0.25, 0.3) is 0 Å². The zero-order chi connectivity index (χ0) is 27.5. The number of hydrogen-bond donors (Lipinski definition) is 3. The fourth-order valence-corrected chi connectivity index (χ4v) is 6.72. The quantitative estimate of drug-likeness (QED) is 0.435. The van der Waals surface area contributed by atoms with E-state index in [0.717, 1.165) is 24.8 Å². The van der Waals surface area contributed by atoms with E-state index in [1.165, 1.54) is 0 Å². The van der Waals surface area contributed by atoms with E-state index in [9.17, 15) is 14.7 Å². The second-order valence-corrected chi connectivity index (χ2v) is 12.2. The van der Waals surface area contributed by atoms with Crippen LogP contribution in [0.5, 0.6) is 0 Å². The number of aliphatic hydroxyl groups excluding tert-OH is 1. The first-order valence-electron chi connectivity index (χ1n) is 14.5. The molecule has 3 heterocycles. The van der Waals surface area contributed by atoms with Gasteiger partial charge in [-0.1, -0.05) is 44.2 Å². The van der Waals surface area contributed by atoms with Gasteiger partial charge in [0.05, 0.1) is 31.9 Å². The molecule has 2 bridgehead atoms. The summed E-state index contributed by atoms with van der Waals surface area (Å²) in [7, 11) is 0. The molecule has 1 aromatic carbocycles. The molecule has 0 aromatic heterocycles. The first kappa shape index (κ1) is 28.1. The van der Waals surface area contributed by atoms with Crippen LogP contribution in [0, 0.1) is 23.7 Å². The van der Waals surface area contributed by atoms with Crippen molar-refractivity contribution in [3.63, 3.8) is 0 Å². The topological polar surface area (TPSA) is 127 Å². The Balaban J connectivity index is 1.27. The Morgan fingerprint density at radius 1 is 1.18 bits per heavy atom. The molecular formula is C29H44N4O6. The van der Waals surface area contributed by atoms with Crippen LogP contribution in [0.3, 0.4) is 0 Å². The van der Waals surface area contributed by atoms with Crippen LogP contribution in [0.2, 0.25) is 0 Å². The van der Waals surface area contributed by atoms with Crippen LogP contribution in [0.15, 0.2) is 30.3 Å². The second kappa shape index (κ2) is 12.4. The average Bonchev–Trinajstić information content (AvgIpc) is 3.44. The number of alkyl carbamates (subject to hydrolysis) is 1. The van der Waals surface area contributed by atoms with Gasteiger partial charge in [0, 0.05) is 43.4 Å². The molecule has 1 aliphatic carbocycles. The standard InChI is InChI=1S/C29H44N4O6/c1-18(2)13-33(29(36)32-10-6-9-21(30)14-32)15-25(34)24(11-19-7-4-3-5-8-19)31-28(35)39-26-20-12-22-23(26)17-38-27(22)37-16-20/h3-5,7-8,18,20-27,34H,6,9-17,30H2,1-2H3,(H,31,35)/t20?,21?,22?,23?,24-,25+,26?,27?/m0/s1. The number of fused-ring (bicyclic) bond motifs is 1. The average molecular weight is 545 g/mol. The molecule has 10 nitrogen and oxygen atoms in total. The highest BCUT2D eigenvalue weighted by Gasteiger charge is 2.56. The van der Waals surface area contributed by atoms with Gasteiger partial charge in [-0.3, -0.25) is 0 Å².